The molecule has 2 atom stereocenters. The van der Waals surface area contributed by atoms with E-state index in [1.165, 1.54) is 38.8 Å². The molecule has 3 heterocycles. The first-order valence-electron chi connectivity index (χ1n) is 6.99. The number of rotatable bonds is 1. The third-order valence-electron chi connectivity index (χ3n) is 4.74. The normalized spacial score (nSPS) is 36.3. The van der Waals surface area contributed by atoms with Gasteiger partial charge in [0, 0.05) is 51.2 Å². The van der Waals surface area contributed by atoms with Crippen molar-refractivity contribution >= 4 is 18.3 Å². The number of hydrogen-bond acceptors (Lipinski definition) is 3. The quantitative estimate of drug-likeness (QED) is 0.770. The fourth-order valence-corrected chi connectivity index (χ4v) is 4.01. The van der Waals surface area contributed by atoms with Crippen molar-refractivity contribution in [3.8, 4) is 0 Å². The van der Waals surface area contributed by atoms with Gasteiger partial charge in [0.2, 0.25) is 5.91 Å². The smallest absolute Gasteiger partial charge is 0.219 e. The lowest BCUT2D eigenvalue weighted by molar-refractivity contribution is -0.134. The fraction of sp³-hybridized carbons (Fsp3) is 0.923. The van der Waals surface area contributed by atoms with Gasteiger partial charge in [0.25, 0.3) is 0 Å². The van der Waals surface area contributed by atoms with Gasteiger partial charge < -0.3 is 10.2 Å². The lowest BCUT2D eigenvalue weighted by atomic mass is 9.95. The van der Waals surface area contributed by atoms with Crippen LogP contribution in [0.1, 0.15) is 32.6 Å². The van der Waals surface area contributed by atoms with Crippen molar-refractivity contribution in [3.63, 3.8) is 0 Å². The van der Waals surface area contributed by atoms with Gasteiger partial charge in [-0.25, -0.2) is 0 Å². The molecule has 0 aliphatic carbocycles. The predicted molar refractivity (Wildman–Crippen MR) is 74.0 cm³/mol. The van der Waals surface area contributed by atoms with Gasteiger partial charge in [0.05, 0.1) is 0 Å². The van der Waals surface area contributed by atoms with Gasteiger partial charge in [-0.2, -0.15) is 0 Å². The van der Waals surface area contributed by atoms with Crippen LogP contribution < -0.4 is 5.32 Å². The van der Waals surface area contributed by atoms with E-state index in [1.807, 2.05) is 0 Å². The van der Waals surface area contributed by atoms with Crippen LogP contribution >= 0.6 is 12.4 Å². The van der Waals surface area contributed by atoms with Crippen molar-refractivity contribution in [1.29, 1.82) is 0 Å². The molecule has 3 saturated heterocycles. The third kappa shape index (κ3) is 2.51. The number of nitrogens with one attached hydrogen (secondary N) is 1. The molecule has 3 aliphatic heterocycles. The maximum absolute atomic E-state index is 11.6. The Morgan fingerprint density at radius 2 is 1.61 bits per heavy atom. The number of piperidine rings is 1. The minimum absolute atomic E-state index is 0. The van der Waals surface area contributed by atoms with E-state index in [0.717, 1.165) is 19.1 Å². The molecule has 1 N–H and O–H groups in total. The Morgan fingerprint density at radius 1 is 1.06 bits per heavy atom. The SMILES string of the molecule is CC(=O)N1C2CCC1CC(N1CCNCC1)C2.Cl. The molecule has 5 heteroatoms. The summed E-state index contributed by atoms with van der Waals surface area (Å²) >= 11 is 0. The molecular formula is C13H24ClN3O. The highest BCUT2D eigenvalue weighted by molar-refractivity contribution is 5.85. The summed E-state index contributed by atoms with van der Waals surface area (Å²) < 4.78 is 0. The van der Waals surface area contributed by atoms with Gasteiger partial charge in [-0.1, -0.05) is 0 Å². The number of piperazine rings is 1. The van der Waals surface area contributed by atoms with E-state index in [-0.39, 0.29) is 18.3 Å². The highest BCUT2D eigenvalue weighted by Gasteiger charge is 2.43. The molecule has 3 rings (SSSR count). The van der Waals surface area contributed by atoms with Crippen molar-refractivity contribution in [2.75, 3.05) is 26.2 Å². The Kier molecular flexibility index (Phi) is 4.51. The molecule has 104 valence electrons. The number of fused-ring (bicyclic) bond motifs is 2. The van der Waals surface area contributed by atoms with Crippen LogP contribution in [0.2, 0.25) is 0 Å². The summed E-state index contributed by atoms with van der Waals surface area (Å²) in [5.74, 6) is 0.288. The van der Waals surface area contributed by atoms with Crippen molar-refractivity contribution < 1.29 is 4.79 Å². The minimum Gasteiger partial charge on any atom is -0.337 e. The van der Waals surface area contributed by atoms with Crippen LogP contribution in [0.15, 0.2) is 0 Å². The molecule has 2 bridgehead atoms. The number of carbonyl (C=O) groups is 1. The van der Waals surface area contributed by atoms with E-state index in [1.54, 1.807) is 6.92 Å². The van der Waals surface area contributed by atoms with E-state index in [2.05, 4.69) is 15.1 Å². The summed E-state index contributed by atoms with van der Waals surface area (Å²) in [6.45, 7) is 6.36. The van der Waals surface area contributed by atoms with Crippen molar-refractivity contribution in [2.24, 2.45) is 0 Å². The first-order valence-corrected chi connectivity index (χ1v) is 6.99. The first-order chi connectivity index (χ1) is 8.25. The molecule has 1 amide bonds. The molecule has 0 aromatic carbocycles. The highest BCUT2D eigenvalue weighted by atomic mass is 35.5. The summed E-state index contributed by atoms with van der Waals surface area (Å²) in [5, 5.41) is 3.41. The standard InChI is InChI=1S/C13H23N3O.ClH/c1-10(17)16-11-2-3-12(16)9-13(8-11)15-6-4-14-5-7-15;/h11-14H,2-9H2,1H3;1H. The maximum Gasteiger partial charge on any atom is 0.219 e. The van der Waals surface area contributed by atoms with E-state index < -0.39 is 0 Å². The van der Waals surface area contributed by atoms with Crippen LogP contribution in [0.5, 0.6) is 0 Å². The lowest BCUT2D eigenvalue weighted by Crippen LogP contribution is -2.55. The molecule has 0 saturated carbocycles. The largest absolute Gasteiger partial charge is 0.337 e. The van der Waals surface area contributed by atoms with E-state index >= 15 is 0 Å². The average molecular weight is 274 g/mol. The van der Waals surface area contributed by atoms with Crippen LogP contribution in [-0.2, 0) is 4.79 Å². The van der Waals surface area contributed by atoms with Crippen LogP contribution in [0, 0.1) is 0 Å². The molecule has 2 unspecified atom stereocenters. The molecule has 4 nitrogen and oxygen atoms in total. The second-order valence-corrected chi connectivity index (χ2v) is 5.72. The predicted octanol–water partition coefficient (Wildman–Crippen LogP) is 0.855. The number of carbonyl (C=O) groups excluding carboxylic acids is 1. The zero-order valence-electron chi connectivity index (χ0n) is 11.1. The molecule has 0 aromatic heterocycles. The van der Waals surface area contributed by atoms with Crippen LogP contribution in [0.25, 0.3) is 0 Å². The van der Waals surface area contributed by atoms with Crippen LogP contribution in [-0.4, -0.2) is 60.0 Å². The lowest BCUT2D eigenvalue weighted by Gasteiger charge is -2.44. The number of nitrogens with zero attached hydrogens (tertiary/aromatic N) is 2. The number of amides is 1. The van der Waals surface area contributed by atoms with Gasteiger partial charge in [-0.15, -0.1) is 12.4 Å². The molecule has 0 aromatic rings. The number of halogens is 1. The Morgan fingerprint density at radius 3 is 2.11 bits per heavy atom. The maximum atomic E-state index is 11.6. The third-order valence-corrected chi connectivity index (χ3v) is 4.74. The number of hydrogen-bond donors (Lipinski definition) is 1. The van der Waals surface area contributed by atoms with Crippen LogP contribution in [0.4, 0.5) is 0 Å². The van der Waals surface area contributed by atoms with Gasteiger partial charge in [0.15, 0.2) is 0 Å². The fourth-order valence-electron chi connectivity index (χ4n) is 4.01. The topological polar surface area (TPSA) is 35.6 Å². The van der Waals surface area contributed by atoms with Crippen molar-refractivity contribution in [2.45, 2.75) is 50.7 Å². The summed E-state index contributed by atoms with van der Waals surface area (Å²) in [4.78, 5) is 16.4. The minimum atomic E-state index is 0. The molecule has 3 aliphatic rings. The Labute approximate surface area is 115 Å². The van der Waals surface area contributed by atoms with E-state index in [0.29, 0.717) is 12.1 Å². The van der Waals surface area contributed by atoms with Crippen molar-refractivity contribution in [3.05, 3.63) is 0 Å². The first kappa shape index (κ1) is 14.1. The second-order valence-electron chi connectivity index (χ2n) is 5.72. The van der Waals surface area contributed by atoms with E-state index in [9.17, 15) is 4.79 Å². The Balaban J connectivity index is 0.00000120. The zero-order chi connectivity index (χ0) is 11.8. The summed E-state index contributed by atoms with van der Waals surface area (Å²) in [6.07, 6.45) is 4.87. The molecule has 3 fully saturated rings. The van der Waals surface area contributed by atoms with Gasteiger partial charge >= 0.3 is 0 Å². The van der Waals surface area contributed by atoms with Gasteiger partial charge in [-0.05, 0) is 25.7 Å². The monoisotopic (exact) mass is 273 g/mol. The van der Waals surface area contributed by atoms with Gasteiger partial charge in [-0.3, -0.25) is 9.69 Å². The molecule has 0 spiro atoms. The Bertz CT molecular complexity index is 293. The van der Waals surface area contributed by atoms with Crippen molar-refractivity contribution in [1.82, 2.24) is 15.1 Å². The summed E-state index contributed by atoms with van der Waals surface area (Å²) in [7, 11) is 0. The van der Waals surface area contributed by atoms with Gasteiger partial charge in [0.1, 0.15) is 0 Å². The summed E-state index contributed by atoms with van der Waals surface area (Å²) in [5.41, 5.74) is 0. The van der Waals surface area contributed by atoms with Crippen LogP contribution in [0.3, 0.4) is 0 Å². The Hall–Kier alpha value is -0.320. The summed E-state index contributed by atoms with van der Waals surface area (Å²) in [6, 6.07) is 1.79. The molecule has 18 heavy (non-hydrogen) atoms. The zero-order valence-corrected chi connectivity index (χ0v) is 11.9. The second kappa shape index (κ2) is 5.76. The molecular weight excluding hydrogens is 250 g/mol. The highest BCUT2D eigenvalue weighted by Crippen LogP contribution is 2.37. The van der Waals surface area contributed by atoms with E-state index in [4.69, 9.17) is 0 Å². The molecule has 0 radical (unpaired) electrons. The average Bonchev–Trinajstić information content (AvgIpc) is 2.62.